The second-order valence-electron chi connectivity index (χ2n) is 5.30. The van der Waals surface area contributed by atoms with Gasteiger partial charge in [-0.1, -0.05) is 30.3 Å². The van der Waals surface area contributed by atoms with Gasteiger partial charge in [-0.05, 0) is 26.0 Å². The monoisotopic (exact) mass is 259 g/mol. The van der Waals surface area contributed by atoms with Gasteiger partial charge in [0.15, 0.2) is 0 Å². The van der Waals surface area contributed by atoms with Crippen LogP contribution in [-0.2, 0) is 10.3 Å². The van der Waals surface area contributed by atoms with E-state index in [1.54, 1.807) is 0 Å². The lowest BCUT2D eigenvalue weighted by atomic mass is 9.91. The molecular weight excluding hydrogens is 238 g/mol. The van der Waals surface area contributed by atoms with Crippen LogP contribution in [0.3, 0.4) is 0 Å². The number of nitrogens with two attached hydrogens (primary N) is 1. The first kappa shape index (κ1) is 14.0. The van der Waals surface area contributed by atoms with Gasteiger partial charge in [-0.15, -0.1) is 0 Å². The van der Waals surface area contributed by atoms with E-state index in [0.717, 1.165) is 18.6 Å². The van der Waals surface area contributed by atoms with Crippen molar-refractivity contribution < 1.29 is 4.74 Å². The van der Waals surface area contributed by atoms with Gasteiger partial charge in [0.25, 0.3) is 0 Å². The van der Waals surface area contributed by atoms with Crippen molar-refractivity contribution >= 4 is 0 Å². The molecule has 19 heavy (non-hydrogen) atoms. The minimum absolute atomic E-state index is 0.198. The topological polar surface area (TPSA) is 62.3 Å². The number of hydrogen-bond donors (Lipinski definition) is 1. The SMILES string of the molecule is CC1OCCC1N(C)CC(N)(C#N)c1ccccc1. The van der Waals surface area contributed by atoms with E-state index in [0.29, 0.717) is 12.6 Å². The van der Waals surface area contributed by atoms with Crippen LogP contribution in [0.4, 0.5) is 0 Å². The number of benzene rings is 1. The quantitative estimate of drug-likeness (QED) is 0.889. The summed E-state index contributed by atoms with van der Waals surface area (Å²) >= 11 is 0. The van der Waals surface area contributed by atoms with Crippen LogP contribution in [0.5, 0.6) is 0 Å². The summed E-state index contributed by atoms with van der Waals surface area (Å²) in [6.45, 7) is 3.36. The highest BCUT2D eigenvalue weighted by Gasteiger charge is 2.34. The molecule has 3 unspecified atom stereocenters. The Hall–Kier alpha value is -1.41. The fourth-order valence-electron chi connectivity index (χ4n) is 2.74. The summed E-state index contributed by atoms with van der Waals surface area (Å²) in [5.74, 6) is 0. The van der Waals surface area contributed by atoms with E-state index >= 15 is 0 Å². The molecule has 1 aliphatic heterocycles. The number of likely N-dealkylation sites (N-methyl/N-ethyl adjacent to an activating group) is 1. The standard InChI is InChI=1S/C15H21N3O/c1-12-14(8-9-19-12)18(2)11-15(17,10-16)13-6-4-3-5-7-13/h3-7,12,14H,8-9,11,17H2,1-2H3. The maximum Gasteiger partial charge on any atom is 0.142 e. The summed E-state index contributed by atoms with van der Waals surface area (Å²) in [6, 6.07) is 12.2. The summed E-state index contributed by atoms with van der Waals surface area (Å²) in [5.41, 5.74) is 6.17. The second-order valence-corrected chi connectivity index (χ2v) is 5.30. The molecule has 1 fully saturated rings. The molecule has 1 aliphatic rings. The number of nitrogens with zero attached hydrogens (tertiary/aromatic N) is 2. The summed E-state index contributed by atoms with van der Waals surface area (Å²) in [5, 5.41) is 9.46. The van der Waals surface area contributed by atoms with Crippen LogP contribution in [0.1, 0.15) is 18.9 Å². The molecule has 1 heterocycles. The van der Waals surface area contributed by atoms with Crippen LogP contribution >= 0.6 is 0 Å². The molecule has 4 nitrogen and oxygen atoms in total. The first-order valence-corrected chi connectivity index (χ1v) is 6.64. The van der Waals surface area contributed by atoms with Gasteiger partial charge in [-0.2, -0.15) is 5.26 Å². The Morgan fingerprint density at radius 3 is 2.68 bits per heavy atom. The number of nitriles is 1. The van der Waals surface area contributed by atoms with Crippen molar-refractivity contribution in [3.8, 4) is 6.07 Å². The van der Waals surface area contributed by atoms with Gasteiger partial charge in [0.1, 0.15) is 5.54 Å². The van der Waals surface area contributed by atoms with E-state index < -0.39 is 5.54 Å². The molecule has 0 radical (unpaired) electrons. The van der Waals surface area contributed by atoms with E-state index in [1.165, 1.54) is 0 Å². The normalized spacial score (nSPS) is 26.1. The van der Waals surface area contributed by atoms with Crippen LogP contribution in [-0.4, -0.2) is 37.2 Å². The predicted octanol–water partition coefficient (Wildman–Crippen LogP) is 1.47. The Bertz CT molecular complexity index is 456. The molecule has 0 aliphatic carbocycles. The van der Waals surface area contributed by atoms with Crippen molar-refractivity contribution in [2.45, 2.75) is 31.0 Å². The molecular formula is C15H21N3O. The maximum absolute atomic E-state index is 9.46. The largest absolute Gasteiger partial charge is 0.377 e. The molecule has 1 aromatic rings. The lowest BCUT2D eigenvalue weighted by Crippen LogP contribution is -2.50. The van der Waals surface area contributed by atoms with Gasteiger partial charge >= 0.3 is 0 Å². The minimum atomic E-state index is -0.974. The minimum Gasteiger partial charge on any atom is -0.377 e. The molecule has 2 N–H and O–H groups in total. The summed E-state index contributed by atoms with van der Waals surface area (Å²) < 4.78 is 5.58. The van der Waals surface area contributed by atoms with Crippen molar-refractivity contribution in [1.29, 1.82) is 5.26 Å². The van der Waals surface area contributed by atoms with Crippen molar-refractivity contribution in [2.75, 3.05) is 20.2 Å². The Kier molecular flexibility index (Phi) is 4.20. The van der Waals surface area contributed by atoms with Crippen LogP contribution in [0, 0.1) is 11.3 Å². The van der Waals surface area contributed by atoms with Crippen LogP contribution in [0.25, 0.3) is 0 Å². The zero-order valence-electron chi connectivity index (χ0n) is 11.5. The van der Waals surface area contributed by atoms with E-state index in [-0.39, 0.29) is 6.10 Å². The first-order chi connectivity index (χ1) is 9.07. The Morgan fingerprint density at radius 1 is 1.47 bits per heavy atom. The third-order valence-electron chi connectivity index (χ3n) is 3.89. The van der Waals surface area contributed by atoms with Crippen molar-refractivity contribution in [1.82, 2.24) is 4.90 Å². The van der Waals surface area contributed by atoms with Gasteiger partial charge < -0.3 is 10.5 Å². The molecule has 0 amide bonds. The number of hydrogen-bond acceptors (Lipinski definition) is 4. The maximum atomic E-state index is 9.46. The van der Waals surface area contributed by atoms with E-state index in [9.17, 15) is 5.26 Å². The molecule has 3 atom stereocenters. The Labute approximate surface area is 114 Å². The third-order valence-corrected chi connectivity index (χ3v) is 3.89. The van der Waals surface area contributed by atoms with Crippen molar-refractivity contribution in [3.05, 3.63) is 35.9 Å². The highest BCUT2D eigenvalue weighted by Crippen LogP contribution is 2.23. The van der Waals surface area contributed by atoms with Gasteiger partial charge in [-0.3, -0.25) is 4.90 Å². The highest BCUT2D eigenvalue weighted by atomic mass is 16.5. The molecule has 0 spiro atoms. The zero-order valence-corrected chi connectivity index (χ0v) is 11.5. The molecule has 102 valence electrons. The summed E-state index contributed by atoms with van der Waals surface area (Å²) in [7, 11) is 2.01. The fraction of sp³-hybridized carbons (Fsp3) is 0.533. The predicted molar refractivity (Wildman–Crippen MR) is 74.4 cm³/mol. The van der Waals surface area contributed by atoms with Gasteiger partial charge in [0, 0.05) is 19.2 Å². The molecule has 1 saturated heterocycles. The third kappa shape index (κ3) is 2.95. The molecule has 1 aromatic carbocycles. The van der Waals surface area contributed by atoms with Crippen molar-refractivity contribution in [3.63, 3.8) is 0 Å². The molecule has 0 bridgehead atoms. The lowest BCUT2D eigenvalue weighted by Gasteiger charge is -2.33. The van der Waals surface area contributed by atoms with Crippen LogP contribution < -0.4 is 5.73 Å². The zero-order chi connectivity index (χ0) is 13.9. The molecule has 0 saturated carbocycles. The van der Waals surface area contributed by atoms with Gasteiger partial charge in [0.2, 0.25) is 0 Å². The van der Waals surface area contributed by atoms with Crippen LogP contribution in [0.15, 0.2) is 30.3 Å². The summed E-state index contributed by atoms with van der Waals surface area (Å²) in [6.07, 6.45) is 1.19. The average Bonchev–Trinajstić information content (AvgIpc) is 2.86. The summed E-state index contributed by atoms with van der Waals surface area (Å²) in [4.78, 5) is 2.15. The molecule has 4 heteroatoms. The Morgan fingerprint density at radius 2 is 2.16 bits per heavy atom. The smallest absolute Gasteiger partial charge is 0.142 e. The molecule has 2 rings (SSSR count). The average molecular weight is 259 g/mol. The van der Waals surface area contributed by atoms with E-state index in [4.69, 9.17) is 10.5 Å². The van der Waals surface area contributed by atoms with E-state index in [2.05, 4.69) is 17.9 Å². The lowest BCUT2D eigenvalue weighted by molar-refractivity contribution is 0.0787. The highest BCUT2D eigenvalue weighted by molar-refractivity contribution is 5.31. The number of ether oxygens (including phenoxy) is 1. The number of rotatable bonds is 4. The Balaban J connectivity index is 2.13. The van der Waals surface area contributed by atoms with E-state index in [1.807, 2.05) is 37.4 Å². The molecule has 0 aromatic heterocycles. The fourth-order valence-corrected chi connectivity index (χ4v) is 2.74. The van der Waals surface area contributed by atoms with Gasteiger partial charge in [-0.25, -0.2) is 0 Å². The van der Waals surface area contributed by atoms with Gasteiger partial charge in [0.05, 0.1) is 12.2 Å². The second kappa shape index (κ2) is 5.70. The first-order valence-electron chi connectivity index (χ1n) is 6.64. The van der Waals surface area contributed by atoms with Crippen molar-refractivity contribution in [2.24, 2.45) is 5.73 Å². The van der Waals surface area contributed by atoms with Crippen LogP contribution in [0.2, 0.25) is 0 Å².